The molecule has 2 aromatic rings. The van der Waals surface area contributed by atoms with E-state index in [0.717, 1.165) is 16.0 Å². The fourth-order valence-corrected chi connectivity index (χ4v) is 2.45. The highest BCUT2D eigenvalue weighted by atomic mass is 16.2. The van der Waals surface area contributed by atoms with Crippen LogP contribution in [0.4, 0.5) is 0 Å². The van der Waals surface area contributed by atoms with Crippen molar-refractivity contribution in [2.45, 2.75) is 33.9 Å². The first-order valence-electron chi connectivity index (χ1n) is 7.82. The van der Waals surface area contributed by atoms with Crippen LogP contribution in [-0.4, -0.2) is 31.4 Å². The van der Waals surface area contributed by atoms with E-state index < -0.39 is 11.2 Å². The first-order valence-corrected chi connectivity index (χ1v) is 7.82. The Hall–Kier alpha value is -2.64. The van der Waals surface area contributed by atoms with E-state index in [-0.39, 0.29) is 18.4 Å². The van der Waals surface area contributed by atoms with Gasteiger partial charge in [0.1, 0.15) is 6.54 Å². The summed E-state index contributed by atoms with van der Waals surface area (Å²) in [6.45, 7) is 7.05. The van der Waals surface area contributed by atoms with E-state index in [9.17, 15) is 14.4 Å². The summed E-state index contributed by atoms with van der Waals surface area (Å²) in [4.78, 5) is 35.2. The SMILES string of the molecule is Cc1cc(C)n(C[C@H](C)CNC(=O)Cn2ccc(=O)n(C)c2=O)n1. The molecular formula is C16H23N5O3. The zero-order valence-corrected chi connectivity index (χ0v) is 14.4. The Bertz CT molecular complexity index is 846. The second-order valence-electron chi connectivity index (χ2n) is 6.14. The van der Waals surface area contributed by atoms with Gasteiger partial charge in [0.2, 0.25) is 5.91 Å². The van der Waals surface area contributed by atoms with E-state index in [1.807, 2.05) is 31.5 Å². The molecule has 0 bridgehead atoms. The second-order valence-corrected chi connectivity index (χ2v) is 6.14. The van der Waals surface area contributed by atoms with Crippen molar-refractivity contribution in [2.24, 2.45) is 13.0 Å². The van der Waals surface area contributed by atoms with Gasteiger partial charge in [-0.1, -0.05) is 6.92 Å². The number of carbonyl (C=O) groups excluding carboxylic acids is 1. The molecule has 0 radical (unpaired) electrons. The van der Waals surface area contributed by atoms with E-state index in [1.54, 1.807) is 0 Å². The highest BCUT2D eigenvalue weighted by molar-refractivity contribution is 5.75. The van der Waals surface area contributed by atoms with Crippen LogP contribution in [0.15, 0.2) is 27.9 Å². The summed E-state index contributed by atoms with van der Waals surface area (Å²) in [5, 5.41) is 7.21. The van der Waals surface area contributed by atoms with Gasteiger partial charge in [-0.15, -0.1) is 0 Å². The quantitative estimate of drug-likeness (QED) is 0.793. The molecule has 0 fully saturated rings. The molecule has 0 aliphatic heterocycles. The van der Waals surface area contributed by atoms with Gasteiger partial charge in [0.05, 0.1) is 5.69 Å². The smallest absolute Gasteiger partial charge is 0.331 e. The predicted molar refractivity (Wildman–Crippen MR) is 89.8 cm³/mol. The van der Waals surface area contributed by atoms with Crippen molar-refractivity contribution in [3.8, 4) is 0 Å². The molecule has 2 aromatic heterocycles. The normalized spacial score (nSPS) is 12.2. The van der Waals surface area contributed by atoms with E-state index in [4.69, 9.17) is 0 Å². The van der Waals surface area contributed by atoms with Crippen LogP contribution in [0.1, 0.15) is 18.3 Å². The van der Waals surface area contributed by atoms with Gasteiger partial charge in [0.15, 0.2) is 0 Å². The molecule has 8 nitrogen and oxygen atoms in total. The minimum Gasteiger partial charge on any atom is -0.354 e. The number of aromatic nitrogens is 4. The van der Waals surface area contributed by atoms with Crippen molar-refractivity contribution in [2.75, 3.05) is 6.54 Å². The van der Waals surface area contributed by atoms with E-state index in [0.29, 0.717) is 13.1 Å². The number of amides is 1. The number of nitrogens with one attached hydrogen (secondary N) is 1. The summed E-state index contributed by atoms with van der Waals surface area (Å²) in [6, 6.07) is 3.28. The molecular weight excluding hydrogens is 310 g/mol. The Labute approximate surface area is 139 Å². The Morgan fingerprint density at radius 3 is 2.67 bits per heavy atom. The lowest BCUT2D eigenvalue weighted by molar-refractivity contribution is -0.121. The lowest BCUT2D eigenvalue weighted by Crippen LogP contribution is -2.41. The summed E-state index contributed by atoms with van der Waals surface area (Å²) < 4.78 is 4.10. The van der Waals surface area contributed by atoms with Crippen LogP contribution in [0.25, 0.3) is 0 Å². The van der Waals surface area contributed by atoms with Gasteiger partial charge in [-0.25, -0.2) is 4.79 Å². The largest absolute Gasteiger partial charge is 0.354 e. The number of rotatable bonds is 6. The molecule has 8 heteroatoms. The first-order chi connectivity index (χ1) is 11.3. The summed E-state index contributed by atoms with van der Waals surface area (Å²) in [6.07, 6.45) is 1.34. The number of nitrogens with zero attached hydrogens (tertiary/aromatic N) is 4. The molecule has 0 saturated carbocycles. The standard InChI is InChI=1S/C16H23N5O3/c1-11(9-21-13(3)7-12(2)18-21)8-17-14(22)10-20-6-5-15(23)19(4)16(20)24/h5-7,11H,8-10H2,1-4H3,(H,17,22)/t11-/m1/s1. The van der Waals surface area contributed by atoms with Crippen LogP contribution < -0.4 is 16.6 Å². The molecule has 1 N–H and O–H groups in total. The number of aryl methyl sites for hydroxylation is 2. The molecule has 0 aliphatic carbocycles. The highest BCUT2D eigenvalue weighted by Crippen LogP contribution is 2.05. The van der Waals surface area contributed by atoms with Crippen LogP contribution in [0.2, 0.25) is 0 Å². The van der Waals surface area contributed by atoms with Crippen LogP contribution in [0, 0.1) is 19.8 Å². The van der Waals surface area contributed by atoms with Crippen LogP contribution >= 0.6 is 0 Å². The molecule has 0 spiro atoms. The Balaban J connectivity index is 1.89. The zero-order valence-electron chi connectivity index (χ0n) is 14.4. The molecule has 0 aromatic carbocycles. The fraction of sp³-hybridized carbons (Fsp3) is 0.500. The van der Waals surface area contributed by atoms with Gasteiger partial charge in [-0.05, 0) is 25.8 Å². The summed E-state index contributed by atoms with van der Waals surface area (Å²) in [7, 11) is 1.38. The predicted octanol–water partition coefficient (Wildman–Crippen LogP) is -0.187. The van der Waals surface area contributed by atoms with Crippen LogP contribution in [0.3, 0.4) is 0 Å². The van der Waals surface area contributed by atoms with Crippen molar-refractivity contribution in [3.63, 3.8) is 0 Å². The first kappa shape index (κ1) is 17.7. The van der Waals surface area contributed by atoms with Gasteiger partial charge >= 0.3 is 5.69 Å². The molecule has 0 aliphatic rings. The van der Waals surface area contributed by atoms with Crippen molar-refractivity contribution in [1.82, 2.24) is 24.2 Å². The van der Waals surface area contributed by atoms with Crippen molar-refractivity contribution < 1.29 is 4.79 Å². The minimum atomic E-state index is -0.506. The number of hydrogen-bond donors (Lipinski definition) is 1. The Morgan fingerprint density at radius 1 is 1.33 bits per heavy atom. The van der Waals surface area contributed by atoms with Crippen molar-refractivity contribution in [3.05, 3.63) is 50.6 Å². The number of carbonyl (C=O) groups is 1. The molecule has 0 unspecified atom stereocenters. The molecule has 0 saturated heterocycles. The number of hydrogen-bond acceptors (Lipinski definition) is 4. The third-order valence-corrected chi connectivity index (χ3v) is 3.81. The summed E-state index contributed by atoms with van der Waals surface area (Å²) >= 11 is 0. The van der Waals surface area contributed by atoms with Gasteiger partial charge in [0, 0.05) is 38.1 Å². The maximum Gasteiger partial charge on any atom is 0.331 e. The summed E-state index contributed by atoms with van der Waals surface area (Å²) in [5.41, 5.74) is 1.16. The van der Waals surface area contributed by atoms with Gasteiger partial charge in [-0.3, -0.25) is 23.4 Å². The lowest BCUT2D eigenvalue weighted by Gasteiger charge is -2.14. The monoisotopic (exact) mass is 333 g/mol. The van der Waals surface area contributed by atoms with Gasteiger partial charge in [-0.2, -0.15) is 5.10 Å². The van der Waals surface area contributed by atoms with Crippen LogP contribution in [-0.2, 0) is 24.9 Å². The van der Waals surface area contributed by atoms with Gasteiger partial charge < -0.3 is 5.32 Å². The lowest BCUT2D eigenvalue weighted by atomic mass is 10.2. The zero-order chi connectivity index (χ0) is 17.9. The molecule has 1 amide bonds. The molecule has 24 heavy (non-hydrogen) atoms. The molecule has 2 rings (SSSR count). The Kier molecular flexibility index (Phi) is 5.38. The average molecular weight is 333 g/mol. The second kappa shape index (κ2) is 7.29. The van der Waals surface area contributed by atoms with Crippen LogP contribution in [0.5, 0.6) is 0 Å². The van der Waals surface area contributed by atoms with E-state index >= 15 is 0 Å². The van der Waals surface area contributed by atoms with Crippen molar-refractivity contribution >= 4 is 5.91 Å². The minimum absolute atomic E-state index is 0.112. The fourth-order valence-electron chi connectivity index (χ4n) is 2.45. The maximum atomic E-state index is 12.0. The van der Waals surface area contributed by atoms with E-state index in [2.05, 4.69) is 10.4 Å². The maximum absolute atomic E-state index is 12.0. The van der Waals surface area contributed by atoms with E-state index in [1.165, 1.54) is 23.9 Å². The molecule has 130 valence electrons. The van der Waals surface area contributed by atoms with Gasteiger partial charge in [0.25, 0.3) is 5.56 Å². The molecule has 2 heterocycles. The summed E-state index contributed by atoms with van der Waals surface area (Å²) in [5.74, 6) is -0.0697. The Morgan fingerprint density at radius 2 is 2.04 bits per heavy atom. The molecule has 1 atom stereocenters. The highest BCUT2D eigenvalue weighted by Gasteiger charge is 2.10. The third kappa shape index (κ3) is 4.21. The average Bonchev–Trinajstić information content (AvgIpc) is 2.83. The third-order valence-electron chi connectivity index (χ3n) is 3.81. The van der Waals surface area contributed by atoms with Crippen molar-refractivity contribution in [1.29, 1.82) is 0 Å². The topological polar surface area (TPSA) is 90.9 Å².